The van der Waals surface area contributed by atoms with Gasteiger partial charge in [-0.25, -0.2) is 0 Å². The van der Waals surface area contributed by atoms with Gasteiger partial charge in [0.15, 0.2) is 0 Å². The minimum absolute atomic E-state index is 0.00468. The van der Waals surface area contributed by atoms with Gasteiger partial charge in [-0.3, -0.25) is 4.79 Å². The van der Waals surface area contributed by atoms with Gasteiger partial charge in [0.1, 0.15) is 5.41 Å². The van der Waals surface area contributed by atoms with Gasteiger partial charge in [-0.2, -0.15) is 0 Å². The van der Waals surface area contributed by atoms with Crippen molar-refractivity contribution in [3.05, 3.63) is 0 Å². The van der Waals surface area contributed by atoms with Crippen molar-refractivity contribution in [3.8, 4) is 0 Å². The Bertz CT molecular complexity index is 231. The summed E-state index contributed by atoms with van der Waals surface area (Å²) >= 11 is 0. The molecule has 0 spiro atoms. The lowest BCUT2D eigenvalue weighted by Crippen LogP contribution is -2.46. The minimum Gasteiger partial charge on any atom is -0.468 e. The van der Waals surface area contributed by atoms with E-state index in [-0.39, 0.29) is 18.2 Å². The van der Waals surface area contributed by atoms with E-state index in [0.717, 1.165) is 19.3 Å². The van der Waals surface area contributed by atoms with Crippen molar-refractivity contribution in [2.24, 2.45) is 11.1 Å². The topological polar surface area (TPSA) is 61.5 Å². The van der Waals surface area contributed by atoms with Crippen molar-refractivity contribution in [2.45, 2.75) is 31.5 Å². The Morgan fingerprint density at radius 2 is 2.46 bits per heavy atom. The number of esters is 1. The first kappa shape index (κ1) is 8.97. The van der Waals surface area contributed by atoms with Gasteiger partial charge in [0.2, 0.25) is 0 Å². The van der Waals surface area contributed by atoms with E-state index in [2.05, 4.69) is 0 Å². The molecule has 2 bridgehead atoms. The van der Waals surface area contributed by atoms with Crippen LogP contribution in [0.3, 0.4) is 0 Å². The van der Waals surface area contributed by atoms with Crippen LogP contribution in [0.5, 0.6) is 0 Å². The molecule has 2 aliphatic heterocycles. The quantitative estimate of drug-likeness (QED) is 0.618. The fourth-order valence-electron chi connectivity index (χ4n) is 2.52. The van der Waals surface area contributed by atoms with E-state index in [4.69, 9.17) is 15.2 Å². The molecule has 0 aliphatic carbocycles. The largest absolute Gasteiger partial charge is 0.468 e. The Balaban J connectivity index is 2.21. The Kier molecular flexibility index (Phi) is 2.04. The Morgan fingerprint density at radius 1 is 1.69 bits per heavy atom. The standard InChI is InChI=1S/C9H15NO3/c1-12-8(11)9(5-10)4-6-2-3-7(9)13-6/h6-7H,2-5,10H2,1H3. The van der Waals surface area contributed by atoms with Crippen molar-refractivity contribution >= 4 is 5.97 Å². The van der Waals surface area contributed by atoms with E-state index in [1.54, 1.807) is 0 Å². The Hall–Kier alpha value is -0.610. The number of carbonyl (C=O) groups excluding carboxylic acids is 1. The number of hydrogen-bond donors (Lipinski definition) is 1. The second-order valence-corrected chi connectivity index (χ2v) is 3.88. The summed E-state index contributed by atoms with van der Waals surface area (Å²) in [6.45, 7) is 0.334. The van der Waals surface area contributed by atoms with Crippen LogP contribution in [0.15, 0.2) is 0 Å². The van der Waals surface area contributed by atoms with Crippen LogP contribution >= 0.6 is 0 Å². The molecule has 2 fully saturated rings. The second kappa shape index (κ2) is 2.96. The average molecular weight is 185 g/mol. The van der Waals surface area contributed by atoms with E-state index in [9.17, 15) is 4.79 Å². The van der Waals surface area contributed by atoms with Crippen LogP contribution in [0, 0.1) is 5.41 Å². The zero-order valence-electron chi connectivity index (χ0n) is 7.79. The molecule has 2 heterocycles. The van der Waals surface area contributed by atoms with Gasteiger partial charge in [0.05, 0.1) is 19.3 Å². The van der Waals surface area contributed by atoms with Crippen molar-refractivity contribution in [2.75, 3.05) is 13.7 Å². The predicted molar refractivity (Wildman–Crippen MR) is 46.0 cm³/mol. The van der Waals surface area contributed by atoms with E-state index in [0.29, 0.717) is 6.54 Å². The molecule has 74 valence electrons. The van der Waals surface area contributed by atoms with Crippen LogP contribution < -0.4 is 5.73 Å². The first-order chi connectivity index (χ1) is 6.23. The van der Waals surface area contributed by atoms with Crippen LogP contribution in [0.2, 0.25) is 0 Å². The molecule has 0 aromatic carbocycles. The second-order valence-electron chi connectivity index (χ2n) is 3.88. The lowest BCUT2D eigenvalue weighted by atomic mass is 9.74. The highest BCUT2D eigenvalue weighted by Gasteiger charge is 2.57. The molecular formula is C9H15NO3. The van der Waals surface area contributed by atoms with Crippen LogP contribution in [0.25, 0.3) is 0 Å². The normalized spacial score (nSPS) is 42.3. The number of ether oxygens (including phenoxy) is 2. The molecule has 2 rings (SSSR count). The molecule has 0 aromatic heterocycles. The number of nitrogens with two attached hydrogens (primary N) is 1. The molecule has 3 unspecified atom stereocenters. The van der Waals surface area contributed by atoms with Crippen LogP contribution in [-0.4, -0.2) is 31.8 Å². The summed E-state index contributed by atoms with van der Waals surface area (Å²) in [7, 11) is 1.41. The van der Waals surface area contributed by atoms with Gasteiger partial charge in [0, 0.05) is 6.54 Å². The zero-order chi connectivity index (χ0) is 9.47. The SMILES string of the molecule is COC(=O)C1(CN)CC2CCC1O2. The van der Waals surface area contributed by atoms with Crippen LogP contribution in [0.4, 0.5) is 0 Å². The van der Waals surface area contributed by atoms with E-state index < -0.39 is 5.41 Å². The molecule has 13 heavy (non-hydrogen) atoms. The maximum Gasteiger partial charge on any atom is 0.315 e. The lowest BCUT2D eigenvalue weighted by molar-refractivity contribution is -0.155. The Labute approximate surface area is 77.4 Å². The first-order valence-corrected chi connectivity index (χ1v) is 4.67. The fourth-order valence-corrected chi connectivity index (χ4v) is 2.52. The van der Waals surface area contributed by atoms with Gasteiger partial charge in [-0.1, -0.05) is 0 Å². The van der Waals surface area contributed by atoms with E-state index in [1.165, 1.54) is 7.11 Å². The summed E-state index contributed by atoms with van der Waals surface area (Å²) in [4.78, 5) is 11.6. The summed E-state index contributed by atoms with van der Waals surface area (Å²) in [5, 5.41) is 0. The van der Waals surface area contributed by atoms with Crippen molar-refractivity contribution in [1.82, 2.24) is 0 Å². The molecular weight excluding hydrogens is 170 g/mol. The maximum absolute atomic E-state index is 11.6. The molecule has 4 nitrogen and oxygen atoms in total. The highest BCUT2D eigenvalue weighted by atomic mass is 16.5. The molecule has 0 amide bonds. The number of fused-ring (bicyclic) bond motifs is 2. The van der Waals surface area contributed by atoms with Crippen LogP contribution in [-0.2, 0) is 14.3 Å². The molecule has 3 atom stereocenters. The van der Waals surface area contributed by atoms with E-state index in [1.807, 2.05) is 0 Å². The zero-order valence-corrected chi connectivity index (χ0v) is 7.79. The van der Waals surface area contributed by atoms with Gasteiger partial charge in [-0.05, 0) is 19.3 Å². The molecule has 0 saturated carbocycles. The Morgan fingerprint density at radius 3 is 2.85 bits per heavy atom. The summed E-state index contributed by atoms with van der Waals surface area (Å²) in [5.41, 5.74) is 5.11. The number of carbonyl (C=O) groups is 1. The highest BCUT2D eigenvalue weighted by Crippen LogP contribution is 2.47. The molecule has 0 aromatic rings. The molecule has 2 saturated heterocycles. The summed E-state index contributed by atoms with van der Waals surface area (Å²) < 4.78 is 10.4. The smallest absolute Gasteiger partial charge is 0.315 e. The van der Waals surface area contributed by atoms with Crippen molar-refractivity contribution < 1.29 is 14.3 Å². The lowest BCUT2D eigenvalue weighted by Gasteiger charge is -2.30. The number of methoxy groups -OCH3 is 1. The van der Waals surface area contributed by atoms with Gasteiger partial charge < -0.3 is 15.2 Å². The molecule has 2 aliphatic rings. The highest BCUT2D eigenvalue weighted by molar-refractivity contribution is 5.78. The fraction of sp³-hybridized carbons (Fsp3) is 0.889. The number of rotatable bonds is 2. The van der Waals surface area contributed by atoms with Gasteiger partial charge in [-0.15, -0.1) is 0 Å². The third kappa shape index (κ3) is 1.09. The molecule has 4 heteroatoms. The summed E-state index contributed by atoms with van der Waals surface area (Å²) in [6, 6.07) is 0. The molecule has 0 radical (unpaired) electrons. The first-order valence-electron chi connectivity index (χ1n) is 4.67. The van der Waals surface area contributed by atoms with Crippen molar-refractivity contribution in [3.63, 3.8) is 0 Å². The van der Waals surface area contributed by atoms with Crippen molar-refractivity contribution in [1.29, 1.82) is 0 Å². The average Bonchev–Trinajstić information content (AvgIpc) is 2.75. The van der Waals surface area contributed by atoms with Gasteiger partial charge in [0.25, 0.3) is 0 Å². The maximum atomic E-state index is 11.6. The predicted octanol–water partition coefficient (Wildman–Crippen LogP) is 0.0558. The van der Waals surface area contributed by atoms with Gasteiger partial charge >= 0.3 is 5.97 Å². The molecule has 2 N–H and O–H groups in total. The third-order valence-corrected chi connectivity index (χ3v) is 3.27. The minimum atomic E-state index is -0.544. The number of hydrogen-bond acceptors (Lipinski definition) is 4. The third-order valence-electron chi connectivity index (χ3n) is 3.27. The summed E-state index contributed by atoms with van der Waals surface area (Å²) in [5.74, 6) is -0.206. The van der Waals surface area contributed by atoms with Crippen LogP contribution in [0.1, 0.15) is 19.3 Å². The monoisotopic (exact) mass is 185 g/mol. The summed E-state index contributed by atoms with van der Waals surface area (Å²) in [6.07, 6.45) is 2.96. The van der Waals surface area contributed by atoms with E-state index >= 15 is 0 Å².